The first kappa shape index (κ1) is 16.8. The Labute approximate surface area is 136 Å². The summed E-state index contributed by atoms with van der Waals surface area (Å²) in [5.41, 5.74) is -0.160. The molecule has 4 nitrogen and oxygen atoms in total. The van der Waals surface area contributed by atoms with Crippen molar-refractivity contribution in [3.63, 3.8) is 0 Å². The third kappa shape index (κ3) is 4.44. The summed E-state index contributed by atoms with van der Waals surface area (Å²) >= 11 is 4.05. The van der Waals surface area contributed by atoms with Crippen molar-refractivity contribution in [1.29, 1.82) is 0 Å². The van der Waals surface area contributed by atoms with E-state index in [2.05, 4.69) is 31.5 Å². The Bertz CT molecular complexity index is 675. The van der Waals surface area contributed by atoms with Gasteiger partial charge in [-0.1, -0.05) is 28.1 Å². The van der Waals surface area contributed by atoms with Gasteiger partial charge in [-0.3, -0.25) is 5.32 Å². The average Bonchev–Trinajstić information content (AvgIpc) is 2.87. The summed E-state index contributed by atoms with van der Waals surface area (Å²) < 4.78 is 38.1. The van der Waals surface area contributed by atoms with Crippen molar-refractivity contribution in [2.24, 2.45) is 0 Å². The maximum absolute atomic E-state index is 12.4. The Morgan fingerprint density at radius 3 is 2.73 bits per heavy atom. The molecule has 0 saturated heterocycles. The van der Waals surface area contributed by atoms with E-state index >= 15 is 0 Å². The highest BCUT2D eigenvalue weighted by Crippen LogP contribution is 2.31. The zero-order valence-corrected chi connectivity index (χ0v) is 13.6. The first-order valence-electron chi connectivity index (χ1n) is 6.11. The zero-order valence-electron chi connectivity index (χ0n) is 11.2. The van der Waals surface area contributed by atoms with E-state index in [1.165, 1.54) is 0 Å². The molecule has 1 unspecified atom stereocenters. The lowest BCUT2D eigenvalue weighted by molar-refractivity contribution is -0.140. The second-order valence-corrected chi connectivity index (χ2v) is 6.18. The number of amides is 2. The van der Waals surface area contributed by atoms with Crippen LogP contribution in [0.15, 0.2) is 34.1 Å². The van der Waals surface area contributed by atoms with Crippen LogP contribution in [0.3, 0.4) is 0 Å². The predicted octanol–water partition coefficient (Wildman–Crippen LogP) is 4.81. The number of hydrogen-bond donors (Lipinski definition) is 2. The van der Waals surface area contributed by atoms with Gasteiger partial charge in [-0.15, -0.1) is 11.3 Å². The molecule has 1 aromatic heterocycles. The number of thiazole rings is 1. The first-order chi connectivity index (χ1) is 10.3. The van der Waals surface area contributed by atoms with Gasteiger partial charge in [-0.05, 0) is 24.6 Å². The van der Waals surface area contributed by atoms with Crippen molar-refractivity contribution < 1.29 is 18.0 Å². The Balaban J connectivity index is 1.97. The lowest BCUT2D eigenvalue weighted by Crippen LogP contribution is -2.31. The van der Waals surface area contributed by atoms with Gasteiger partial charge in [0.2, 0.25) is 0 Å². The van der Waals surface area contributed by atoms with Crippen LogP contribution in [0.1, 0.15) is 24.2 Å². The van der Waals surface area contributed by atoms with E-state index in [-0.39, 0.29) is 11.2 Å². The number of carbonyl (C=O) groups is 1. The highest BCUT2D eigenvalue weighted by Gasteiger charge is 2.33. The van der Waals surface area contributed by atoms with Gasteiger partial charge in [0.1, 0.15) is 0 Å². The second-order valence-electron chi connectivity index (χ2n) is 4.41. The molecule has 2 rings (SSSR count). The fourth-order valence-corrected chi connectivity index (χ4v) is 2.78. The van der Waals surface area contributed by atoms with Crippen molar-refractivity contribution in [3.05, 3.63) is 45.4 Å². The molecule has 118 valence electrons. The SMILES string of the molecule is CC(NC(=O)Nc1nc(C(F)(F)F)cs1)c1cccc(Br)c1. The van der Waals surface area contributed by atoms with E-state index in [9.17, 15) is 18.0 Å². The average molecular weight is 394 g/mol. The Morgan fingerprint density at radius 1 is 1.41 bits per heavy atom. The zero-order chi connectivity index (χ0) is 16.3. The van der Waals surface area contributed by atoms with Crippen molar-refractivity contribution in [2.75, 3.05) is 5.32 Å². The second kappa shape index (κ2) is 6.66. The van der Waals surface area contributed by atoms with Crippen LogP contribution in [0.25, 0.3) is 0 Å². The van der Waals surface area contributed by atoms with E-state index in [1.54, 1.807) is 6.92 Å². The van der Waals surface area contributed by atoms with Crippen LogP contribution < -0.4 is 10.6 Å². The molecule has 0 fully saturated rings. The minimum absolute atomic E-state index is 0.105. The van der Waals surface area contributed by atoms with E-state index in [1.807, 2.05) is 24.3 Å². The number of rotatable bonds is 3. The molecular weight excluding hydrogens is 383 g/mol. The maximum atomic E-state index is 12.4. The first-order valence-corrected chi connectivity index (χ1v) is 7.78. The summed E-state index contributed by atoms with van der Waals surface area (Å²) in [4.78, 5) is 15.1. The summed E-state index contributed by atoms with van der Waals surface area (Å²) in [6, 6.07) is 6.43. The number of halogens is 4. The number of urea groups is 1. The van der Waals surface area contributed by atoms with Crippen LogP contribution in [0.2, 0.25) is 0 Å². The fourth-order valence-electron chi connectivity index (χ4n) is 1.65. The van der Waals surface area contributed by atoms with Gasteiger partial charge in [0, 0.05) is 9.85 Å². The molecule has 1 aromatic carbocycles. The number of carbonyl (C=O) groups excluding carboxylic acids is 1. The van der Waals surface area contributed by atoms with Crippen molar-refractivity contribution in [3.8, 4) is 0 Å². The molecule has 1 heterocycles. The van der Waals surface area contributed by atoms with E-state index in [0.29, 0.717) is 0 Å². The van der Waals surface area contributed by atoms with Gasteiger partial charge in [0.25, 0.3) is 0 Å². The van der Waals surface area contributed by atoms with Crippen molar-refractivity contribution in [1.82, 2.24) is 10.3 Å². The van der Waals surface area contributed by atoms with Gasteiger partial charge in [0.05, 0.1) is 6.04 Å². The maximum Gasteiger partial charge on any atom is 0.434 e. The minimum Gasteiger partial charge on any atom is -0.331 e. The molecule has 2 aromatic rings. The third-order valence-electron chi connectivity index (χ3n) is 2.71. The summed E-state index contributed by atoms with van der Waals surface area (Å²) in [6.45, 7) is 1.77. The van der Waals surface area contributed by atoms with Gasteiger partial charge in [-0.2, -0.15) is 13.2 Å². The van der Waals surface area contributed by atoms with Crippen molar-refractivity contribution >= 4 is 38.4 Å². The standard InChI is InChI=1S/C13H11BrF3N3OS/c1-7(8-3-2-4-9(14)5-8)18-11(21)20-12-19-10(6-22-12)13(15,16)17/h2-7H,1H3,(H2,18,19,20,21). The monoisotopic (exact) mass is 393 g/mol. The summed E-state index contributed by atoms with van der Waals surface area (Å²) in [5, 5.41) is 5.68. The molecule has 0 aliphatic carbocycles. The topological polar surface area (TPSA) is 54.0 Å². The van der Waals surface area contributed by atoms with E-state index in [0.717, 1.165) is 26.8 Å². The predicted molar refractivity (Wildman–Crippen MR) is 81.8 cm³/mol. The lowest BCUT2D eigenvalue weighted by atomic mass is 10.1. The lowest BCUT2D eigenvalue weighted by Gasteiger charge is -2.14. The number of nitrogens with zero attached hydrogens (tertiary/aromatic N) is 1. The normalized spacial score (nSPS) is 12.8. The van der Waals surface area contributed by atoms with Gasteiger partial charge < -0.3 is 5.32 Å². The van der Waals surface area contributed by atoms with Crippen LogP contribution in [0.5, 0.6) is 0 Å². The third-order valence-corrected chi connectivity index (χ3v) is 3.96. The number of hydrogen-bond acceptors (Lipinski definition) is 3. The fraction of sp³-hybridized carbons (Fsp3) is 0.231. The van der Waals surface area contributed by atoms with Gasteiger partial charge in [0.15, 0.2) is 10.8 Å². The molecule has 0 aliphatic heterocycles. The largest absolute Gasteiger partial charge is 0.434 e. The number of anilines is 1. The van der Waals surface area contributed by atoms with Crippen LogP contribution in [0, 0.1) is 0 Å². The molecule has 0 radical (unpaired) electrons. The molecule has 0 aliphatic rings. The molecule has 1 atom stereocenters. The molecule has 0 bridgehead atoms. The van der Waals surface area contributed by atoms with Crippen molar-refractivity contribution in [2.45, 2.75) is 19.1 Å². The highest BCUT2D eigenvalue weighted by molar-refractivity contribution is 9.10. The number of aromatic nitrogens is 1. The molecule has 9 heteroatoms. The molecule has 0 spiro atoms. The number of nitrogens with one attached hydrogen (secondary N) is 2. The molecule has 0 saturated carbocycles. The smallest absolute Gasteiger partial charge is 0.331 e. The Morgan fingerprint density at radius 2 is 2.14 bits per heavy atom. The number of benzene rings is 1. The van der Waals surface area contributed by atoms with E-state index < -0.39 is 17.9 Å². The molecule has 2 N–H and O–H groups in total. The summed E-state index contributed by atoms with van der Waals surface area (Å²) in [6.07, 6.45) is -4.52. The minimum atomic E-state index is -4.52. The Kier molecular flexibility index (Phi) is 5.07. The van der Waals surface area contributed by atoms with Crippen LogP contribution in [0.4, 0.5) is 23.1 Å². The van der Waals surface area contributed by atoms with Crippen LogP contribution in [-0.4, -0.2) is 11.0 Å². The molecule has 22 heavy (non-hydrogen) atoms. The number of alkyl halides is 3. The quantitative estimate of drug-likeness (QED) is 0.786. The van der Waals surface area contributed by atoms with Crippen LogP contribution in [-0.2, 0) is 6.18 Å². The molecular formula is C13H11BrF3N3OS. The van der Waals surface area contributed by atoms with Gasteiger partial charge >= 0.3 is 12.2 Å². The van der Waals surface area contributed by atoms with E-state index in [4.69, 9.17) is 0 Å². The summed E-state index contributed by atoms with van der Waals surface area (Å²) in [5.74, 6) is 0. The molecule has 2 amide bonds. The Hall–Kier alpha value is -1.61. The summed E-state index contributed by atoms with van der Waals surface area (Å²) in [7, 11) is 0. The highest BCUT2D eigenvalue weighted by atomic mass is 79.9. The van der Waals surface area contributed by atoms with Crippen LogP contribution >= 0.6 is 27.3 Å². The van der Waals surface area contributed by atoms with Gasteiger partial charge in [-0.25, -0.2) is 9.78 Å².